The Balaban J connectivity index is 2.43. The molecule has 9 heteroatoms. The maximum absolute atomic E-state index is 12.0. The number of carbonyl (C=O) groups is 2. The topological polar surface area (TPSA) is 83.7 Å². The molecule has 0 atom stereocenters. The Labute approximate surface area is 124 Å². The smallest absolute Gasteiger partial charge is 0.329 e. The van der Waals surface area contributed by atoms with Gasteiger partial charge in [-0.05, 0) is 26.0 Å². The molecule has 1 heterocycles. The van der Waals surface area contributed by atoms with Gasteiger partial charge in [-0.2, -0.15) is 13.9 Å². The first kappa shape index (κ1) is 17.2. The Kier molecular flexibility index (Phi) is 6.86. The second kappa shape index (κ2) is 8.40. The monoisotopic (exact) mass is 319 g/mol. The van der Waals surface area contributed by atoms with Crippen molar-refractivity contribution in [1.82, 2.24) is 10.7 Å². The average Bonchev–Trinajstić information content (AvgIpc) is 2.83. The van der Waals surface area contributed by atoms with Crippen LogP contribution >= 0.6 is 11.8 Å². The molecule has 0 radical (unpaired) electrons. The molecule has 0 unspecified atom stereocenters. The van der Waals surface area contributed by atoms with Crippen molar-refractivity contribution in [3.8, 4) is 0 Å². The van der Waals surface area contributed by atoms with Crippen molar-refractivity contribution in [1.29, 1.82) is 0 Å². The van der Waals surface area contributed by atoms with Gasteiger partial charge in [-0.15, -0.1) is 0 Å². The molecule has 0 saturated heterocycles. The van der Waals surface area contributed by atoms with Gasteiger partial charge in [0.25, 0.3) is 5.76 Å². The lowest BCUT2D eigenvalue weighted by atomic mass is 10.4. The minimum absolute atomic E-state index is 0.0364. The lowest BCUT2D eigenvalue weighted by Crippen LogP contribution is -2.41. The zero-order valence-corrected chi connectivity index (χ0v) is 12.2. The fourth-order valence-corrected chi connectivity index (χ4v) is 1.67. The summed E-state index contributed by atoms with van der Waals surface area (Å²) in [6.45, 7) is 3.44. The predicted molar refractivity (Wildman–Crippen MR) is 75.0 cm³/mol. The second-order valence-corrected chi connectivity index (χ2v) is 5.18. The van der Waals surface area contributed by atoms with Crippen LogP contribution in [0.5, 0.6) is 0 Å². The van der Waals surface area contributed by atoms with Crippen LogP contribution in [0.25, 0.3) is 0 Å². The Morgan fingerprint density at radius 1 is 1.38 bits per heavy atom. The molecule has 2 amide bonds. The lowest BCUT2D eigenvalue weighted by molar-refractivity contribution is -0.139. The van der Waals surface area contributed by atoms with E-state index in [-0.39, 0.29) is 17.6 Å². The van der Waals surface area contributed by atoms with E-state index in [9.17, 15) is 18.4 Å². The van der Waals surface area contributed by atoms with E-state index < -0.39 is 17.6 Å². The first-order valence-electron chi connectivity index (χ1n) is 6.01. The van der Waals surface area contributed by atoms with E-state index in [2.05, 4.69) is 10.4 Å². The number of halogens is 2. The van der Waals surface area contributed by atoms with Crippen LogP contribution < -0.4 is 10.7 Å². The molecule has 2 N–H and O–H groups in total. The summed E-state index contributed by atoms with van der Waals surface area (Å²) in [5, 5.41) is 5.94. The zero-order valence-electron chi connectivity index (χ0n) is 11.4. The Bertz CT molecular complexity index is 518. The highest BCUT2D eigenvalue weighted by Gasteiger charge is 2.13. The number of thioether (sulfide) groups is 1. The largest absolute Gasteiger partial charge is 0.459 e. The molecule has 0 spiro atoms. The summed E-state index contributed by atoms with van der Waals surface area (Å²) in [6.07, 6.45) is 1.18. The second-order valence-electron chi connectivity index (χ2n) is 4.20. The average molecular weight is 319 g/mol. The highest BCUT2D eigenvalue weighted by molar-refractivity contribution is 7.98. The van der Waals surface area contributed by atoms with Crippen LogP contribution in [-0.2, 0) is 15.3 Å². The van der Waals surface area contributed by atoms with E-state index in [1.165, 1.54) is 18.3 Å². The molecule has 116 valence electrons. The molecule has 0 fully saturated rings. The summed E-state index contributed by atoms with van der Waals surface area (Å²) in [7, 11) is 0. The van der Waals surface area contributed by atoms with Crippen LogP contribution in [0.2, 0.25) is 0 Å². The van der Waals surface area contributed by atoms with Gasteiger partial charge in [-0.3, -0.25) is 9.59 Å². The predicted octanol–water partition coefficient (Wildman–Crippen LogP) is 1.71. The number of amides is 2. The third-order valence-corrected chi connectivity index (χ3v) is 2.72. The van der Waals surface area contributed by atoms with Crippen LogP contribution in [-0.4, -0.2) is 29.8 Å². The van der Waals surface area contributed by atoms with Crippen molar-refractivity contribution in [2.45, 2.75) is 31.4 Å². The van der Waals surface area contributed by atoms with Crippen molar-refractivity contribution in [2.75, 3.05) is 0 Å². The maximum Gasteiger partial charge on any atom is 0.329 e. The fraction of sp³-hybridized carbons (Fsp3) is 0.417. The normalized spacial score (nSPS) is 11.3. The van der Waals surface area contributed by atoms with Gasteiger partial charge in [0, 0.05) is 6.04 Å². The first-order chi connectivity index (χ1) is 9.88. The minimum Gasteiger partial charge on any atom is -0.459 e. The van der Waals surface area contributed by atoms with Crippen LogP contribution in [0.15, 0.2) is 21.7 Å². The van der Waals surface area contributed by atoms with E-state index in [4.69, 9.17) is 4.42 Å². The summed E-state index contributed by atoms with van der Waals surface area (Å²) in [5.74, 6) is -3.48. The molecule has 21 heavy (non-hydrogen) atoms. The molecule has 0 aromatic carbocycles. The highest BCUT2D eigenvalue weighted by atomic mass is 32.2. The number of alkyl halides is 2. The van der Waals surface area contributed by atoms with Crippen molar-refractivity contribution < 1.29 is 22.8 Å². The van der Waals surface area contributed by atoms with Gasteiger partial charge in [-0.25, -0.2) is 5.43 Å². The quantitative estimate of drug-likeness (QED) is 0.475. The SMILES string of the molecule is CC(C)NC(=O)C(=O)N/N=C\c1ccc(CSC(F)F)o1. The number of hydrazone groups is 1. The van der Waals surface area contributed by atoms with E-state index in [1.807, 2.05) is 5.43 Å². The number of rotatable bonds is 6. The molecule has 0 bridgehead atoms. The number of furan rings is 1. The third-order valence-electron chi connectivity index (χ3n) is 2.02. The summed E-state index contributed by atoms with van der Waals surface area (Å²) < 4.78 is 29.2. The number of nitrogens with zero attached hydrogens (tertiary/aromatic N) is 1. The van der Waals surface area contributed by atoms with Gasteiger partial charge in [-0.1, -0.05) is 11.8 Å². The molecule has 1 rings (SSSR count). The van der Waals surface area contributed by atoms with Crippen molar-refractivity contribution in [2.24, 2.45) is 5.10 Å². The van der Waals surface area contributed by atoms with Crippen LogP contribution in [0, 0.1) is 0 Å². The number of carbonyl (C=O) groups excluding carboxylic acids is 2. The van der Waals surface area contributed by atoms with E-state index in [0.29, 0.717) is 17.5 Å². The number of hydrogen-bond acceptors (Lipinski definition) is 5. The van der Waals surface area contributed by atoms with Gasteiger partial charge in [0.2, 0.25) is 0 Å². The summed E-state index contributed by atoms with van der Waals surface area (Å²) in [4.78, 5) is 22.6. The van der Waals surface area contributed by atoms with Gasteiger partial charge < -0.3 is 9.73 Å². The lowest BCUT2D eigenvalue weighted by Gasteiger charge is -2.05. The Hall–Kier alpha value is -1.90. The first-order valence-corrected chi connectivity index (χ1v) is 7.05. The van der Waals surface area contributed by atoms with Crippen LogP contribution in [0.4, 0.5) is 8.78 Å². The zero-order chi connectivity index (χ0) is 15.8. The van der Waals surface area contributed by atoms with Crippen LogP contribution in [0.3, 0.4) is 0 Å². The molecule has 0 aliphatic rings. The van der Waals surface area contributed by atoms with Gasteiger partial charge in [0.1, 0.15) is 11.5 Å². The minimum atomic E-state index is -2.47. The summed E-state index contributed by atoms with van der Waals surface area (Å²) in [5.41, 5.74) is 2.03. The van der Waals surface area contributed by atoms with E-state index >= 15 is 0 Å². The molecule has 0 saturated carbocycles. The highest BCUT2D eigenvalue weighted by Crippen LogP contribution is 2.20. The fourth-order valence-electron chi connectivity index (χ4n) is 1.22. The van der Waals surface area contributed by atoms with Crippen molar-refractivity contribution in [3.05, 3.63) is 23.7 Å². The number of hydrogen-bond donors (Lipinski definition) is 2. The third kappa shape index (κ3) is 6.89. The van der Waals surface area contributed by atoms with Gasteiger partial charge in [0.05, 0.1) is 12.0 Å². The van der Waals surface area contributed by atoms with E-state index in [0.717, 1.165) is 0 Å². The Morgan fingerprint density at radius 2 is 2.10 bits per heavy atom. The Morgan fingerprint density at radius 3 is 2.71 bits per heavy atom. The molecule has 0 aliphatic heterocycles. The number of nitrogens with one attached hydrogen (secondary N) is 2. The molecule has 1 aromatic rings. The van der Waals surface area contributed by atoms with Crippen molar-refractivity contribution >= 4 is 29.8 Å². The van der Waals surface area contributed by atoms with Crippen molar-refractivity contribution in [3.63, 3.8) is 0 Å². The maximum atomic E-state index is 12.0. The standard InChI is InChI=1S/C12H15F2N3O3S/c1-7(2)16-10(18)11(19)17-15-5-8-3-4-9(20-8)6-21-12(13)14/h3-5,7,12H,6H2,1-2H3,(H,16,18)(H,17,19)/b15-5-. The van der Waals surface area contributed by atoms with Gasteiger partial charge >= 0.3 is 11.8 Å². The summed E-state index contributed by atoms with van der Waals surface area (Å²) in [6, 6.07) is 2.89. The van der Waals surface area contributed by atoms with Gasteiger partial charge in [0.15, 0.2) is 0 Å². The van der Waals surface area contributed by atoms with E-state index in [1.54, 1.807) is 13.8 Å². The summed E-state index contributed by atoms with van der Waals surface area (Å²) >= 11 is 0.442. The molecular formula is C12H15F2N3O3S. The van der Waals surface area contributed by atoms with Crippen LogP contribution in [0.1, 0.15) is 25.4 Å². The molecule has 1 aromatic heterocycles. The molecule has 6 nitrogen and oxygen atoms in total. The molecular weight excluding hydrogens is 304 g/mol. The molecule has 0 aliphatic carbocycles.